The summed E-state index contributed by atoms with van der Waals surface area (Å²) in [5, 5.41) is 7.46. The zero-order valence-electron chi connectivity index (χ0n) is 15.1. The topological polar surface area (TPSA) is 90.0 Å². The summed E-state index contributed by atoms with van der Waals surface area (Å²) in [6.07, 6.45) is 6.05. The van der Waals surface area contributed by atoms with Crippen molar-refractivity contribution in [1.82, 2.24) is 15.1 Å². The SMILES string of the molecule is CCn1nc(CC(C)C)cc1C(=O)NC1(C(N)=O)CCCCCC1. The molecule has 2 amide bonds. The highest BCUT2D eigenvalue weighted by molar-refractivity contribution is 5.98. The molecule has 0 atom stereocenters. The summed E-state index contributed by atoms with van der Waals surface area (Å²) in [7, 11) is 0. The van der Waals surface area contributed by atoms with E-state index in [2.05, 4.69) is 24.3 Å². The minimum Gasteiger partial charge on any atom is -0.368 e. The fourth-order valence-electron chi connectivity index (χ4n) is 3.46. The number of amides is 2. The Balaban J connectivity index is 2.23. The normalized spacial score (nSPS) is 17.5. The molecule has 134 valence electrons. The molecular formula is C18H30N4O2. The lowest BCUT2D eigenvalue weighted by Gasteiger charge is -2.30. The van der Waals surface area contributed by atoms with Crippen molar-refractivity contribution in [2.75, 3.05) is 0 Å². The van der Waals surface area contributed by atoms with E-state index in [9.17, 15) is 9.59 Å². The molecule has 0 bridgehead atoms. The van der Waals surface area contributed by atoms with Crippen LogP contribution in [0, 0.1) is 5.92 Å². The van der Waals surface area contributed by atoms with E-state index in [1.165, 1.54) is 0 Å². The molecule has 1 saturated carbocycles. The first-order chi connectivity index (χ1) is 11.4. The minimum absolute atomic E-state index is 0.250. The molecule has 1 aromatic rings. The van der Waals surface area contributed by atoms with Crippen molar-refractivity contribution in [1.29, 1.82) is 0 Å². The van der Waals surface area contributed by atoms with Crippen LogP contribution in [0.15, 0.2) is 6.07 Å². The summed E-state index contributed by atoms with van der Waals surface area (Å²) in [5.74, 6) is -0.206. The Kier molecular flexibility index (Phi) is 6.02. The van der Waals surface area contributed by atoms with Crippen molar-refractivity contribution in [3.63, 3.8) is 0 Å². The highest BCUT2D eigenvalue weighted by Crippen LogP contribution is 2.27. The summed E-state index contributed by atoms with van der Waals surface area (Å²) in [6.45, 7) is 6.82. The Bertz CT molecular complexity index is 584. The zero-order chi connectivity index (χ0) is 17.7. The molecule has 0 unspecified atom stereocenters. The molecule has 1 aromatic heterocycles. The van der Waals surface area contributed by atoms with Crippen molar-refractivity contribution < 1.29 is 9.59 Å². The maximum absolute atomic E-state index is 12.8. The lowest BCUT2D eigenvalue weighted by atomic mass is 9.89. The zero-order valence-corrected chi connectivity index (χ0v) is 15.1. The number of aromatic nitrogens is 2. The van der Waals surface area contributed by atoms with Crippen LogP contribution in [0.2, 0.25) is 0 Å². The number of hydrogen-bond donors (Lipinski definition) is 2. The molecule has 1 fully saturated rings. The van der Waals surface area contributed by atoms with Crippen molar-refractivity contribution >= 4 is 11.8 Å². The Morgan fingerprint density at radius 3 is 2.42 bits per heavy atom. The summed E-state index contributed by atoms with van der Waals surface area (Å²) < 4.78 is 1.71. The second-order valence-electron chi connectivity index (χ2n) is 7.25. The number of rotatable bonds is 6. The molecule has 1 aliphatic carbocycles. The first-order valence-corrected chi connectivity index (χ1v) is 9.07. The monoisotopic (exact) mass is 334 g/mol. The van der Waals surface area contributed by atoms with E-state index in [0.29, 0.717) is 31.0 Å². The van der Waals surface area contributed by atoms with Crippen LogP contribution in [0.3, 0.4) is 0 Å². The van der Waals surface area contributed by atoms with Gasteiger partial charge >= 0.3 is 0 Å². The van der Waals surface area contributed by atoms with Crippen molar-refractivity contribution in [3.8, 4) is 0 Å². The molecule has 0 aliphatic heterocycles. The quantitative estimate of drug-likeness (QED) is 0.783. The van der Waals surface area contributed by atoms with E-state index < -0.39 is 11.4 Å². The molecule has 6 heteroatoms. The average Bonchev–Trinajstić information content (AvgIpc) is 2.76. The Hall–Kier alpha value is -1.85. The van der Waals surface area contributed by atoms with Crippen molar-refractivity contribution in [2.45, 2.75) is 77.8 Å². The van der Waals surface area contributed by atoms with Gasteiger partial charge < -0.3 is 11.1 Å². The number of aryl methyl sites for hydroxylation is 1. The van der Waals surface area contributed by atoms with Crippen molar-refractivity contribution in [3.05, 3.63) is 17.5 Å². The number of primary amides is 1. The number of carbonyl (C=O) groups is 2. The average molecular weight is 334 g/mol. The maximum atomic E-state index is 12.8. The van der Waals surface area contributed by atoms with Crippen LogP contribution in [0.25, 0.3) is 0 Å². The molecule has 3 N–H and O–H groups in total. The molecule has 1 aliphatic rings. The lowest BCUT2D eigenvalue weighted by Crippen LogP contribution is -2.57. The Labute approximate surface area is 144 Å². The Morgan fingerprint density at radius 2 is 1.92 bits per heavy atom. The second-order valence-corrected chi connectivity index (χ2v) is 7.25. The highest BCUT2D eigenvalue weighted by Gasteiger charge is 2.39. The Morgan fingerprint density at radius 1 is 1.29 bits per heavy atom. The molecule has 24 heavy (non-hydrogen) atoms. The van der Waals surface area contributed by atoms with Gasteiger partial charge in [0.15, 0.2) is 0 Å². The summed E-state index contributed by atoms with van der Waals surface area (Å²) in [6, 6.07) is 1.84. The number of nitrogens with two attached hydrogens (primary N) is 1. The van der Waals surface area contributed by atoms with Crippen LogP contribution >= 0.6 is 0 Å². The van der Waals surface area contributed by atoms with Gasteiger partial charge in [-0.2, -0.15) is 5.10 Å². The molecule has 6 nitrogen and oxygen atoms in total. The van der Waals surface area contributed by atoms with Gasteiger partial charge in [0.1, 0.15) is 11.2 Å². The van der Waals surface area contributed by atoms with Crippen LogP contribution in [0.1, 0.15) is 75.5 Å². The maximum Gasteiger partial charge on any atom is 0.270 e. The van der Waals surface area contributed by atoms with Gasteiger partial charge in [0.25, 0.3) is 5.91 Å². The van der Waals surface area contributed by atoms with Gasteiger partial charge in [-0.3, -0.25) is 14.3 Å². The smallest absolute Gasteiger partial charge is 0.270 e. The third-order valence-electron chi connectivity index (χ3n) is 4.76. The van der Waals surface area contributed by atoms with Crippen molar-refractivity contribution in [2.24, 2.45) is 11.7 Å². The fraction of sp³-hybridized carbons (Fsp3) is 0.722. The highest BCUT2D eigenvalue weighted by atomic mass is 16.2. The van der Waals surface area contributed by atoms with Gasteiger partial charge in [-0.05, 0) is 38.2 Å². The van der Waals surface area contributed by atoms with E-state index in [-0.39, 0.29) is 5.91 Å². The van der Waals surface area contributed by atoms with E-state index in [1.54, 1.807) is 4.68 Å². The summed E-state index contributed by atoms with van der Waals surface area (Å²) >= 11 is 0. The number of carbonyl (C=O) groups excluding carboxylic acids is 2. The molecule has 1 heterocycles. The van der Waals surface area contributed by atoms with Gasteiger partial charge in [-0.15, -0.1) is 0 Å². The number of nitrogens with zero attached hydrogens (tertiary/aromatic N) is 2. The van der Waals surface area contributed by atoms with Gasteiger partial charge in [-0.1, -0.05) is 39.5 Å². The van der Waals surface area contributed by atoms with E-state index in [4.69, 9.17) is 5.73 Å². The van der Waals surface area contributed by atoms with Crippen LogP contribution in [-0.2, 0) is 17.8 Å². The summed E-state index contributed by atoms with van der Waals surface area (Å²) in [4.78, 5) is 24.9. The predicted octanol–water partition coefficient (Wildman–Crippen LogP) is 2.41. The number of hydrogen-bond acceptors (Lipinski definition) is 3. The van der Waals surface area contributed by atoms with Gasteiger partial charge in [0.2, 0.25) is 5.91 Å². The van der Waals surface area contributed by atoms with Crippen LogP contribution in [0.4, 0.5) is 0 Å². The van der Waals surface area contributed by atoms with Crippen LogP contribution in [0.5, 0.6) is 0 Å². The fourth-order valence-corrected chi connectivity index (χ4v) is 3.46. The predicted molar refractivity (Wildman–Crippen MR) is 93.5 cm³/mol. The second kappa shape index (κ2) is 7.81. The standard InChI is InChI=1S/C18H30N4O2/c1-4-22-15(12-14(21-22)11-13(2)3)16(23)20-18(17(19)24)9-7-5-6-8-10-18/h12-13H,4-11H2,1-3H3,(H2,19,24)(H,20,23). The molecule has 2 rings (SSSR count). The van der Waals surface area contributed by atoms with E-state index >= 15 is 0 Å². The lowest BCUT2D eigenvalue weighted by molar-refractivity contribution is -0.124. The third-order valence-corrected chi connectivity index (χ3v) is 4.76. The molecule has 0 radical (unpaired) electrons. The van der Waals surface area contributed by atoms with Crippen LogP contribution < -0.4 is 11.1 Å². The molecule has 0 saturated heterocycles. The molecule has 0 aromatic carbocycles. The first-order valence-electron chi connectivity index (χ1n) is 9.07. The largest absolute Gasteiger partial charge is 0.368 e. The van der Waals surface area contributed by atoms with Gasteiger partial charge in [-0.25, -0.2) is 0 Å². The first kappa shape index (κ1) is 18.5. The van der Waals surface area contributed by atoms with Gasteiger partial charge in [0.05, 0.1) is 5.69 Å². The number of nitrogens with one attached hydrogen (secondary N) is 1. The minimum atomic E-state index is -0.922. The third kappa shape index (κ3) is 4.16. The molecular weight excluding hydrogens is 304 g/mol. The van der Waals surface area contributed by atoms with Gasteiger partial charge in [0, 0.05) is 6.54 Å². The molecule has 0 spiro atoms. The van der Waals surface area contributed by atoms with E-state index in [1.807, 2.05) is 13.0 Å². The van der Waals surface area contributed by atoms with E-state index in [0.717, 1.165) is 37.8 Å². The summed E-state index contributed by atoms with van der Waals surface area (Å²) in [5.41, 5.74) is 6.16. The van der Waals surface area contributed by atoms with Crippen LogP contribution in [-0.4, -0.2) is 27.1 Å².